The third kappa shape index (κ3) is 2.88. The Balaban J connectivity index is 3.19. The highest BCUT2D eigenvalue weighted by Gasteiger charge is 2.44. The molecule has 1 aliphatic rings. The van der Waals surface area contributed by atoms with Crippen molar-refractivity contribution in [2.24, 2.45) is 15.4 Å². The van der Waals surface area contributed by atoms with Crippen molar-refractivity contribution in [2.75, 3.05) is 14.1 Å². The zero-order chi connectivity index (χ0) is 15.7. The van der Waals surface area contributed by atoms with Gasteiger partial charge in [0.1, 0.15) is 5.84 Å². The molecule has 1 rings (SSSR count). The fourth-order valence-electron chi connectivity index (χ4n) is 1.83. The van der Waals surface area contributed by atoms with Crippen LogP contribution in [0.25, 0.3) is 0 Å². The molecule has 20 heavy (non-hydrogen) atoms. The fourth-order valence-corrected chi connectivity index (χ4v) is 1.83. The summed E-state index contributed by atoms with van der Waals surface area (Å²) >= 11 is 0. The molecular formula is C13H22N4O3. The highest BCUT2D eigenvalue weighted by molar-refractivity contribution is 6.05. The standard InChI is InChI=1S/C13H22N4O3/c1-13(2,3)8(14-4)7-9(15-5)17-11(19)10(18)16(6)12(17)20/h7,10-11,18-19H,4H2,1-3,5-6H3/b8-7-,15-9+. The molecule has 0 radical (unpaired) electrons. The van der Waals surface area contributed by atoms with Crippen LogP contribution < -0.4 is 0 Å². The van der Waals surface area contributed by atoms with Gasteiger partial charge in [-0.25, -0.2) is 9.69 Å². The van der Waals surface area contributed by atoms with E-state index in [-0.39, 0.29) is 11.3 Å². The Bertz CT molecular complexity index is 465. The first kappa shape index (κ1) is 16.3. The molecule has 0 aromatic heterocycles. The highest BCUT2D eigenvalue weighted by atomic mass is 16.4. The van der Waals surface area contributed by atoms with Crippen molar-refractivity contribution in [3.63, 3.8) is 0 Å². The molecule has 1 aliphatic heterocycles. The van der Waals surface area contributed by atoms with Gasteiger partial charge >= 0.3 is 6.03 Å². The normalized spacial score (nSPS) is 25.4. The second-order valence-corrected chi connectivity index (χ2v) is 5.61. The molecule has 7 nitrogen and oxygen atoms in total. The first-order valence-corrected chi connectivity index (χ1v) is 6.23. The van der Waals surface area contributed by atoms with Gasteiger partial charge in [0.25, 0.3) is 0 Å². The minimum atomic E-state index is -1.37. The smallest absolute Gasteiger partial charge is 0.329 e. The number of carbonyl (C=O) groups is 1. The lowest BCUT2D eigenvalue weighted by atomic mass is 9.92. The summed E-state index contributed by atoms with van der Waals surface area (Å²) in [5, 5.41) is 19.6. The van der Waals surface area contributed by atoms with Gasteiger partial charge in [-0.2, -0.15) is 0 Å². The molecule has 1 heterocycles. The van der Waals surface area contributed by atoms with Gasteiger partial charge in [0.05, 0.1) is 0 Å². The van der Waals surface area contributed by atoms with E-state index in [1.165, 1.54) is 14.1 Å². The predicted molar refractivity (Wildman–Crippen MR) is 77.5 cm³/mol. The highest BCUT2D eigenvalue weighted by Crippen LogP contribution is 2.27. The molecule has 2 N–H and O–H groups in total. The molecule has 0 bridgehead atoms. The van der Waals surface area contributed by atoms with E-state index in [1.807, 2.05) is 20.8 Å². The van der Waals surface area contributed by atoms with Gasteiger partial charge in [0.2, 0.25) is 0 Å². The molecule has 0 saturated carbocycles. The lowest BCUT2D eigenvalue weighted by molar-refractivity contribution is -0.0460. The van der Waals surface area contributed by atoms with Crippen LogP contribution in [0.4, 0.5) is 4.79 Å². The molecule has 0 spiro atoms. The Morgan fingerprint density at radius 1 is 1.35 bits per heavy atom. The average Bonchev–Trinajstić information content (AvgIpc) is 2.55. The van der Waals surface area contributed by atoms with Crippen LogP contribution in [0.1, 0.15) is 20.8 Å². The Morgan fingerprint density at radius 2 is 1.90 bits per heavy atom. The van der Waals surface area contributed by atoms with E-state index < -0.39 is 18.5 Å². The monoisotopic (exact) mass is 282 g/mol. The van der Waals surface area contributed by atoms with Gasteiger partial charge in [0.15, 0.2) is 12.5 Å². The van der Waals surface area contributed by atoms with Crippen molar-refractivity contribution in [3.8, 4) is 0 Å². The maximum absolute atomic E-state index is 12.0. The Hall–Kier alpha value is -1.73. The van der Waals surface area contributed by atoms with E-state index >= 15 is 0 Å². The number of aliphatic hydroxyl groups is 2. The molecule has 2 unspecified atom stereocenters. The van der Waals surface area contributed by atoms with Crippen molar-refractivity contribution >= 4 is 18.6 Å². The fraction of sp³-hybridized carbons (Fsp3) is 0.615. The van der Waals surface area contributed by atoms with Crippen LogP contribution in [-0.4, -0.2) is 65.1 Å². The summed E-state index contributed by atoms with van der Waals surface area (Å²) in [5.74, 6) is 0.225. The zero-order valence-corrected chi connectivity index (χ0v) is 12.5. The van der Waals surface area contributed by atoms with E-state index in [0.717, 1.165) is 9.80 Å². The zero-order valence-electron chi connectivity index (χ0n) is 12.5. The number of aliphatic hydroxyl groups excluding tert-OH is 2. The van der Waals surface area contributed by atoms with Crippen LogP contribution in [0.2, 0.25) is 0 Å². The number of urea groups is 1. The summed E-state index contributed by atoms with van der Waals surface area (Å²) < 4.78 is 0. The molecule has 1 fully saturated rings. The Morgan fingerprint density at radius 3 is 2.20 bits per heavy atom. The molecule has 2 amide bonds. The molecule has 0 aliphatic carbocycles. The topological polar surface area (TPSA) is 88.7 Å². The molecular weight excluding hydrogens is 260 g/mol. The largest absolute Gasteiger partial charge is 0.369 e. The molecule has 2 atom stereocenters. The number of allylic oxidation sites excluding steroid dienone is 1. The number of rotatable bonds is 2. The lowest BCUT2D eigenvalue weighted by Crippen LogP contribution is -2.40. The van der Waals surface area contributed by atoms with E-state index in [1.54, 1.807) is 6.08 Å². The molecule has 7 heteroatoms. The number of nitrogens with zero attached hydrogens (tertiary/aromatic N) is 4. The van der Waals surface area contributed by atoms with Gasteiger partial charge in [-0.15, -0.1) is 0 Å². The minimum absolute atomic E-state index is 0.225. The van der Waals surface area contributed by atoms with Crippen molar-refractivity contribution in [2.45, 2.75) is 33.2 Å². The van der Waals surface area contributed by atoms with Gasteiger partial charge in [-0.05, 0) is 6.72 Å². The average molecular weight is 282 g/mol. The van der Waals surface area contributed by atoms with Crippen LogP contribution in [0.15, 0.2) is 21.8 Å². The van der Waals surface area contributed by atoms with Crippen LogP contribution in [0, 0.1) is 5.41 Å². The quantitative estimate of drug-likeness (QED) is 0.575. The summed E-state index contributed by atoms with van der Waals surface area (Å²) in [6.45, 7) is 9.36. The Labute approximate surface area is 118 Å². The number of carbonyl (C=O) groups excluding carboxylic acids is 1. The summed E-state index contributed by atoms with van der Waals surface area (Å²) in [4.78, 5) is 22.0. The third-order valence-corrected chi connectivity index (χ3v) is 3.12. The van der Waals surface area contributed by atoms with Gasteiger partial charge in [-0.3, -0.25) is 14.9 Å². The number of hydrogen-bond donors (Lipinski definition) is 2. The SMILES string of the molecule is C=N/C(=C\C(=N/C)N1C(=O)N(C)C(O)C1O)C(C)(C)C. The first-order chi connectivity index (χ1) is 9.15. The van der Waals surface area contributed by atoms with E-state index in [0.29, 0.717) is 5.70 Å². The molecule has 0 aromatic rings. The summed E-state index contributed by atoms with van der Waals surface area (Å²) in [6, 6.07) is -0.529. The number of amides is 2. The minimum Gasteiger partial charge on any atom is -0.369 e. The van der Waals surface area contributed by atoms with Gasteiger partial charge < -0.3 is 10.2 Å². The van der Waals surface area contributed by atoms with Crippen LogP contribution >= 0.6 is 0 Å². The van der Waals surface area contributed by atoms with Crippen molar-refractivity contribution < 1.29 is 15.0 Å². The number of aliphatic imine (C=N–C) groups is 2. The first-order valence-electron chi connectivity index (χ1n) is 6.23. The molecule has 0 aromatic carbocycles. The summed E-state index contributed by atoms with van der Waals surface area (Å²) in [6.07, 6.45) is -1.07. The van der Waals surface area contributed by atoms with Crippen molar-refractivity contribution in [1.82, 2.24) is 9.80 Å². The van der Waals surface area contributed by atoms with Gasteiger partial charge in [-0.1, -0.05) is 20.8 Å². The van der Waals surface area contributed by atoms with Crippen LogP contribution in [-0.2, 0) is 0 Å². The van der Waals surface area contributed by atoms with E-state index in [9.17, 15) is 15.0 Å². The Kier molecular flexibility index (Phi) is 4.67. The van der Waals surface area contributed by atoms with Crippen molar-refractivity contribution in [1.29, 1.82) is 0 Å². The van der Waals surface area contributed by atoms with Crippen LogP contribution in [0.3, 0.4) is 0 Å². The second kappa shape index (κ2) is 5.72. The second-order valence-electron chi connectivity index (χ2n) is 5.61. The maximum atomic E-state index is 12.0. The number of amidine groups is 1. The predicted octanol–water partition coefficient (Wildman–Crippen LogP) is 0.649. The summed E-state index contributed by atoms with van der Waals surface area (Å²) in [5.41, 5.74) is 0.345. The van der Waals surface area contributed by atoms with E-state index in [4.69, 9.17) is 0 Å². The number of hydrogen-bond acceptors (Lipinski definition) is 5. The summed E-state index contributed by atoms with van der Waals surface area (Å²) in [7, 11) is 2.91. The molecule has 1 saturated heterocycles. The van der Waals surface area contributed by atoms with Crippen LogP contribution in [0.5, 0.6) is 0 Å². The molecule has 112 valence electrons. The van der Waals surface area contributed by atoms with Crippen molar-refractivity contribution in [3.05, 3.63) is 11.8 Å². The lowest BCUT2D eigenvalue weighted by Gasteiger charge is -2.23. The third-order valence-electron chi connectivity index (χ3n) is 3.12. The van der Waals surface area contributed by atoms with E-state index in [2.05, 4.69) is 16.7 Å². The van der Waals surface area contributed by atoms with Gasteiger partial charge in [0, 0.05) is 31.3 Å². The maximum Gasteiger partial charge on any atom is 0.329 e. The number of likely N-dealkylation sites (N-methyl/N-ethyl adjacent to an activating group) is 1.